The van der Waals surface area contributed by atoms with Crippen LogP contribution in [-0.2, 0) is 10.0 Å². The number of amides is 2. The van der Waals surface area contributed by atoms with Gasteiger partial charge in [0, 0.05) is 30.4 Å². The maximum atomic E-state index is 13.3. The summed E-state index contributed by atoms with van der Waals surface area (Å²) in [5.41, 5.74) is 1.65. The van der Waals surface area contributed by atoms with Gasteiger partial charge in [-0.2, -0.15) is 8.42 Å². The molecule has 2 aliphatic heterocycles. The summed E-state index contributed by atoms with van der Waals surface area (Å²) in [7, 11) is -3.74. The number of nitrogens with zero attached hydrogens (tertiary/aromatic N) is 2. The molecular formula is C22H23FN4O3S. The summed E-state index contributed by atoms with van der Waals surface area (Å²) in [4.78, 5) is 14.4. The number of carbonyl (C=O) groups excluding carboxylic acids is 1. The molecule has 0 saturated carbocycles. The van der Waals surface area contributed by atoms with Crippen molar-refractivity contribution in [3.05, 3.63) is 71.6 Å². The van der Waals surface area contributed by atoms with Gasteiger partial charge >= 0.3 is 6.03 Å². The molecule has 0 atom stereocenters. The zero-order chi connectivity index (χ0) is 22.0. The highest BCUT2D eigenvalue weighted by molar-refractivity contribution is 8.00. The molecule has 0 bridgehead atoms. The van der Waals surface area contributed by atoms with Crippen LogP contribution >= 0.6 is 0 Å². The van der Waals surface area contributed by atoms with E-state index in [1.807, 2.05) is 11.0 Å². The smallest absolute Gasteiger partial charge is 0.319 e. The molecule has 0 unspecified atom stereocenters. The number of nitrogens with one attached hydrogen (secondary N) is 2. The highest BCUT2D eigenvalue weighted by Crippen LogP contribution is 2.34. The molecule has 1 fully saturated rings. The van der Waals surface area contributed by atoms with Crippen LogP contribution in [0.25, 0.3) is 4.91 Å². The molecule has 2 aromatic carbocycles. The van der Waals surface area contributed by atoms with Gasteiger partial charge < -0.3 is 15.5 Å². The summed E-state index contributed by atoms with van der Waals surface area (Å²) in [6.45, 7) is 2.92. The van der Waals surface area contributed by atoms with Crippen molar-refractivity contribution in [2.75, 3.05) is 18.4 Å². The number of urea groups is 1. The van der Waals surface area contributed by atoms with Crippen LogP contribution in [0.5, 0.6) is 0 Å². The van der Waals surface area contributed by atoms with Crippen molar-refractivity contribution < 1.29 is 17.6 Å². The van der Waals surface area contributed by atoms with E-state index in [4.69, 9.17) is 0 Å². The van der Waals surface area contributed by atoms with Gasteiger partial charge in [-0.05, 0) is 43.5 Å². The number of hydrogen-bond donors (Lipinski definition) is 2. The Labute approximate surface area is 180 Å². The van der Waals surface area contributed by atoms with E-state index >= 15 is 0 Å². The van der Waals surface area contributed by atoms with Crippen molar-refractivity contribution >= 4 is 32.5 Å². The van der Waals surface area contributed by atoms with Crippen molar-refractivity contribution in [1.29, 1.82) is 0 Å². The van der Waals surface area contributed by atoms with Crippen LogP contribution in [0.15, 0.2) is 64.6 Å². The topological polar surface area (TPSA) is 90.9 Å². The number of piperidine rings is 1. The zero-order valence-electron chi connectivity index (χ0n) is 17.0. The molecule has 0 radical (unpaired) electrons. The minimum atomic E-state index is -3.74. The Morgan fingerprint density at radius 2 is 1.81 bits per heavy atom. The molecule has 4 rings (SSSR count). The molecule has 2 amide bonds. The molecule has 2 N–H and O–H groups in total. The van der Waals surface area contributed by atoms with Gasteiger partial charge in [-0.1, -0.05) is 36.4 Å². The maximum Gasteiger partial charge on any atom is 0.319 e. The number of sulfonamides is 1. The van der Waals surface area contributed by atoms with Crippen LogP contribution in [0.1, 0.15) is 25.3 Å². The predicted octanol–water partition coefficient (Wildman–Crippen LogP) is 3.58. The fourth-order valence-corrected chi connectivity index (χ4v) is 5.41. The van der Waals surface area contributed by atoms with Gasteiger partial charge in [0.1, 0.15) is 16.6 Å². The van der Waals surface area contributed by atoms with E-state index in [2.05, 4.69) is 15.0 Å². The van der Waals surface area contributed by atoms with E-state index < -0.39 is 21.9 Å². The van der Waals surface area contributed by atoms with Gasteiger partial charge in [0.15, 0.2) is 0 Å². The molecule has 0 spiro atoms. The number of anilines is 1. The van der Waals surface area contributed by atoms with Gasteiger partial charge in [0.2, 0.25) is 0 Å². The molecular weight excluding hydrogens is 419 g/mol. The predicted molar refractivity (Wildman–Crippen MR) is 119 cm³/mol. The van der Waals surface area contributed by atoms with Crippen LogP contribution in [0.4, 0.5) is 14.9 Å². The lowest BCUT2D eigenvalue weighted by atomic mass is 10.0. The quantitative estimate of drug-likeness (QED) is 0.760. The first-order valence-electron chi connectivity index (χ1n) is 10.0. The normalized spacial score (nSPS) is 18.6. The average molecular weight is 443 g/mol. The largest absolute Gasteiger partial charge is 0.356 e. The van der Waals surface area contributed by atoms with E-state index in [9.17, 15) is 17.6 Å². The number of amidine groups is 1. The Morgan fingerprint density at radius 3 is 2.48 bits per heavy atom. The minimum absolute atomic E-state index is 0.0682. The molecule has 31 heavy (non-hydrogen) atoms. The molecule has 1 saturated heterocycles. The van der Waals surface area contributed by atoms with Gasteiger partial charge in [-0.15, -0.1) is 4.40 Å². The Hall–Kier alpha value is -3.20. The van der Waals surface area contributed by atoms with Crippen LogP contribution < -0.4 is 10.6 Å². The van der Waals surface area contributed by atoms with E-state index in [0.29, 0.717) is 48.6 Å². The van der Waals surface area contributed by atoms with Crippen molar-refractivity contribution in [3.63, 3.8) is 0 Å². The molecule has 2 aromatic rings. The summed E-state index contributed by atoms with van der Waals surface area (Å²) < 4.78 is 42.6. The third-order valence-electron chi connectivity index (χ3n) is 5.39. The number of benzene rings is 2. The van der Waals surface area contributed by atoms with Crippen molar-refractivity contribution in [2.24, 2.45) is 4.40 Å². The SMILES string of the molecule is CC1=C(c2ccccc2)S(=O)(=O)N=C1N1CCC(NC(=O)Nc2cccc(F)c2)CC1. The Kier molecular flexibility index (Phi) is 5.77. The first-order chi connectivity index (χ1) is 14.8. The fraction of sp³-hybridized carbons (Fsp3) is 0.273. The zero-order valence-corrected chi connectivity index (χ0v) is 17.8. The van der Waals surface area contributed by atoms with E-state index in [0.717, 1.165) is 0 Å². The van der Waals surface area contributed by atoms with Crippen LogP contribution in [-0.4, -0.2) is 44.3 Å². The second-order valence-electron chi connectivity index (χ2n) is 7.58. The summed E-state index contributed by atoms with van der Waals surface area (Å²) in [5, 5.41) is 5.51. The number of likely N-dealkylation sites (tertiary alicyclic amines) is 1. The molecule has 2 aliphatic rings. The van der Waals surface area contributed by atoms with Crippen molar-refractivity contribution in [2.45, 2.75) is 25.8 Å². The minimum Gasteiger partial charge on any atom is -0.356 e. The van der Waals surface area contributed by atoms with Crippen molar-refractivity contribution in [1.82, 2.24) is 10.2 Å². The van der Waals surface area contributed by atoms with Crippen molar-refractivity contribution in [3.8, 4) is 0 Å². The molecule has 2 heterocycles. The highest BCUT2D eigenvalue weighted by atomic mass is 32.2. The van der Waals surface area contributed by atoms with Gasteiger partial charge in [-0.3, -0.25) is 0 Å². The summed E-state index contributed by atoms with van der Waals surface area (Å²) in [6.07, 6.45) is 1.28. The Balaban J connectivity index is 1.39. The lowest BCUT2D eigenvalue weighted by Gasteiger charge is -2.33. The van der Waals surface area contributed by atoms with Gasteiger partial charge in [-0.25, -0.2) is 9.18 Å². The lowest BCUT2D eigenvalue weighted by Crippen LogP contribution is -2.47. The molecule has 9 heteroatoms. The fourth-order valence-electron chi connectivity index (χ4n) is 3.93. The monoisotopic (exact) mass is 442 g/mol. The first-order valence-corrected chi connectivity index (χ1v) is 11.5. The van der Waals surface area contributed by atoms with Crippen LogP contribution in [0.3, 0.4) is 0 Å². The van der Waals surface area contributed by atoms with Crippen LogP contribution in [0, 0.1) is 5.82 Å². The summed E-state index contributed by atoms with van der Waals surface area (Å²) in [6, 6.07) is 14.2. The molecule has 0 aliphatic carbocycles. The number of rotatable bonds is 3. The third kappa shape index (κ3) is 4.61. The molecule has 0 aromatic heterocycles. The number of halogens is 1. The second kappa shape index (κ2) is 8.50. The van der Waals surface area contributed by atoms with E-state index in [1.165, 1.54) is 18.2 Å². The van der Waals surface area contributed by atoms with Gasteiger partial charge in [0.05, 0.1) is 0 Å². The Morgan fingerprint density at radius 1 is 1.10 bits per heavy atom. The molecule has 162 valence electrons. The molecule has 7 nitrogen and oxygen atoms in total. The highest BCUT2D eigenvalue weighted by Gasteiger charge is 2.34. The average Bonchev–Trinajstić information content (AvgIpc) is 2.98. The second-order valence-corrected chi connectivity index (χ2v) is 9.12. The number of carbonyl (C=O) groups is 1. The summed E-state index contributed by atoms with van der Waals surface area (Å²) in [5.74, 6) is 0.0539. The first kappa shape index (κ1) is 21.0. The van der Waals surface area contributed by atoms with Gasteiger partial charge in [0.25, 0.3) is 10.0 Å². The van der Waals surface area contributed by atoms with E-state index in [1.54, 1.807) is 37.3 Å². The lowest BCUT2D eigenvalue weighted by molar-refractivity contribution is 0.237. The maximum absolute atomic E-state index is 13.3. The standard InChI is InChI=1S/C22H23FN4O3S/c1-15-20(16-6-3-2-4-7-16)31(29,30)26-21(15)27-12-10-18(11-13-27)24-22(28)25-19-9-5-8-17(23)14-19/h2-9,14,18H,10-13H2,1H3,(H2,24,25,28). The number of hydrogen-bond acceptors (Lipinski definition) is 4. The third-order valence-corrected chi connectivity index (χ3v) is 6.86. The van der Waals surface area contributed by atoms with Crippen LogP contribution in [0.2, 0.25) is 0 Å². The van der Waals surface area contributed by atoms with E-state index in [-0.39, 0.29) is 10.9 Å². The summed E-state index contributed by atoms with van der Waals surface area (Å²) >= 11 is 0. The Bertz CT molecular complexity index is 1150.